The minimum Gasteiger partial charge on any atom is -0.382 e. The summed E-state index contributed by atoms with van der Waals surface area (Å²) in [5.41, 5.74) is 10.5. The molecule has 3 aliphatic rings. The van der Waals surface area contributed by atoms with Crippen molar-refractivity contribution in [2.24, 2.45) is 11.1 Å². The summed E-state index contributed by atoms with van der Waals surface area (Å²) in [6, 6.07) is 10.7. The quantitative estimate of drug-likeness (QED) is 0.499. The van der Waals surface area contributed by atoms with E-state index in [2.05, 4.69) is 5.32 Å². The van der Waals surface area contributed by atoms with Crippen LogP contribution in [0.1, 0.15) is 78.6 Å². The monoisotopic (exact) mass is 459 g/mol. The van der Waals surface area contributed by atoms with Crippen molar-refractivity contribution in [1.82, 2.24) is 4.57 Å². The Morgan fingerprint density at radius 1 is 1.03 bits per heavy atom. The van der Waals surface area contributed by atoms with Crippen LogP contribution in [-0.4, -0.2) is 22.4 Å². The summed E-state index contributed by atoms with van der Waals surface area (Å²) in [5.74, 6) is -0.754. The van der Waals surface area contributed by atoms with Crippen LogP contribution < -0.4 is 11.1 Å². The number of fused-ring (bicyclic) bond motifs is 3. The Morgan fingerprint density at radius 3 is 2.53 bits per heavy atom. The zero-order chi connectivity index (χ0) is 23.4. The number of primary amides is 1. The summed E-state index contributed by atoms with van der Waals surface area (Å²) in [6.45, 7) is 0. The Balaban J connectivity index is 1.52. The summed E-state index contributed by atoms with van der Waals surface area (Å²) < 4.78 is 16.0. The van der Waals surface area contributed by atoms with E-state index in [9.17, 15) is 14.0 Å². The second-order valence-electron chi connectivity index (χ2n) is 10.5. The zero-order valence-corrected chi connectivity index (χ0v) is 19.3. The number of halogens is 1. The predicted molar refractivity (Wildman–Crippen MR) is 132 cm³/mol. The van der Waals surface area contributed by atoms with Crippen molar-refractivity contribution < 1.29 is 14.0 Å². The van der Waals surface area contributed by atoms with E-state index in [0.717, 1.165) is 66.4 Å². The van der Waals surface area contributed by atoms with E-state index in [4.69, 9.17) is 5.73 Å². The molecular weight excluding hydrogens is 429 g/mol. The van der Waals surface area contributed by atoms with Gasteiger partial charge in [-0.3, -0.25) is 14.2 Å². The number of nitrogens with one attached hydrogen (secondary N) is 1. The Hall–Kier alpha value is -3.15. The van der Waals surface area contributed by atoms with Crippen LogP contribution in [0.15, 0.2) is 36.4 Å². The molecule has 3 aromatic rings. The highest BCUT2D eigenvalue weighted by molar-refractivity contribution is 6.06. The summed E-state index contributed by atoms with van der Waals surface area (Å²) in [4.78, 5) is 25.5. The normalized spacial score (nSPS) is 19.7. The van der Waals surface area contributed by atoms with E-state index in [1.54, 1.807) is 16.7 Å². The molecule has 1 aromatic heterocycles. The standard InChI is InChI=1S/C28H30FN3O2/c29-18-8-10-21-23(14-18)32-24(15-28(11-4-12-28)16-25(32)33)26(21)17-7-9-20(27(30)34)22(13-17)31-19-5-2-1-3-6-19/h7-10,13-14,19,31H,1-6,11-12,15-16H2,(H2,30,34). The molecule has 0 unspecified atom stereocenters. The van der Waals surface area contributed by atoms with Gasteiger partial charge in [0, 0.05) is 34.8 Å². The number of anilines is 1. The Bertz CT molecular complexity index is 1310. The summed E-state index contributed by atoms with van der Waals surface area (Å²) in [5, 5.41) is 4.46. The molecule has 0 bridgehead atoms. The molecule has 2 saturated carbocycles. The predicted octanol–water partition coefficient (Wildman–Crippen LogP) is 6.05. The van der Waals surface area contributed by atoms with Crippen LogP contribution in [0.2, 0.25) is 0 Å². The molecule has 2 heterocycles. The van der Waals surface area contributed by atoms with Crippen molar-refractivity contribution in [3.63, 3.8) is 0 Å². The number of benzene rings is 2. The average molecular weight is 460 g/mol. The van der Waals surface area contributed by atoms with E-state index in [1.165, 1.54) is 31.4 Å². The first-order chi connectivity index (χ1) is 16.4. The molecule has 0 atom stereocenters. The van der Waals surface area contributed by atoms with Crippen molar-refractivity contribution in [3.05, 3.63) is 53.5 Å². The maximum atomic E-state index is 14.3. The van der Waals surface area contributed by atoms with Gasteiger partial charge in [-0.25, -0.2) is 4.39 Å². The third-order valence-corrected chi connectivity index (χ3v) is 8.30. The van der Waals surface area contributed by atoms with Crippen LogP contribution >= 0.6 is 0 Å². The first kappa shape index (κ1) is 21.4. The molecule has 1 aliphatic heterocycles. The third-order valence-electron chi connectivity index (χ3n) is 8.30. The van der Waals surface area contributed by atoms with Gasteiger partial charge in [-0.2, -0.15) is 0 Å². The fourth-order valence-corrected chi connectivity index (χ4v) is 6.44. The third kappa shape index (κ3) is 3.42. The summed E-state index contributed by atoms with van der Waals surface area (Å²) in [7, 11) is 0. The number of nitrogens with zero attached hydrogens (tertiary/aromatic N) is 1. The van der Waals surface area contributed by atoms with Gasteiger partial charge in [-0.1, -0.05) is 31.7 Å². The first-order valence-corrected chi connectivity index (χ1v) is 12.5. The van der Waals surface area contributed by atoms with Crippen LogP contribution in [0.25, 0.3) is 22.0 Å². The number of amides is 1. The molecule has 3 N–H and O–H groups in total. The number of nitrogens with two attached hydrogens (primary N) is 1. The lowest BCUT2D eigenvalue weighted by Gasteiger charge is -2.44. The van der Waals surface area contributed by atoms with E-state index < -0.39 is 5.91 Å². The maximum absolute atomic E-state index is 14.3. The largest absolute Gasteiger partial charge is 0.382 e. The van der Waals surface area contributed by atoms with Crippen molar-refractivity contribution in [2.75, 3.05) is 5.32 Å². The van der Waals surface area contributed by atoms with E-state index in [-0.39, 0.29) is 17.1 Å². The molecular formula is C28H30FN3O2. The molecule has 1 spiro atoms. The van der Waals surface area contributed by atoms with Crippen LogP contribution in [0.5, 0.6) is 0 Å². The van der Waals surface area contributed by atoms with Crippen molar-refractivity contribution in [1.29, 1.82) is 0 Å². The van der Waals surface area contributed by atoms with E-state index in [0.29, 0.717) is 23.5 Å². The SMILES string of the molecule is NC(=O)c1ccc(-c2c3n(c4cc(F)ccc24)C(=O)CC2(CCC2)C3)cc1NC1CCCCC1. The van der Waals surface area contributed by atoms with Gasteiger partial charge in [0.2, 0.25) is 5.91 Å². The van der Waals surface area contributed by atoms with E-state index in [1.807, 2.05) is 12.1 Å². The van der Waals surface area contributed by atoms with Gasteiger partial charge in [0.05, 0.1) is 11.1 Å². The number of aromatic nitrogens is 1. The Morgan fingerprint density at radius 2 is 1.82 bits per heavy atom. The molecule has 0 saturated heterocycles. The number of carbonyl (C=O) groups is 2. The summed E-state index contributed by atoms with van der Waals surface area (Å²) >= 11 is 0. The molecule has 176 valence electrons. The van der Waals surface area contributed by atoms with Gasteiger partial charge in [0.1, 0.15) is 5.82 Å². The Kier molecular flexibility index (Phi) is 5.01. The lowest BCUT2D eigenvalue weighted by molar-refractivity contribution is 0.0600. The minimum absolute atomic E-state index is 0.0328. The first-order valence-electron chi connectivity index (χ1n) is 12.5. The zero-order valence-electron chi connectivity index (χ0n) is 19.3. The highest BCUT2D eigenvalue weighted by atomic mass is 19.1. The fraction of sp³-hybridized carbons (Fsp3) is 0.429. The molecule has 2 aliphatic carbocycles. The van der Waals surface area contributed by atoms with Gasteiger partial charge in [-0.15, -0.1) is 0 Å². The summed E-state index contributed by atoms with van der Waals surface area (Å²) in [6.07, 6.45) is 10.4. The van der Waals surface area contributed by atoms with Gasteiger partial charge in [-0.05, 0) is 73.4 Å². The number of carbonyl (C=O) groups excluding carboxylic acids is 2. The van der Waals surface area contributed by atoms with Crippen LogP contribution in [0.3, 0.4) is 0 Å². The second kappa shape index (κ2) is 7.97. The van der Waals surface area contributed by atoms with Gasteiger partial charge >= 0.3 is 0 Å². The van der Waals surface area contributed by atoms with Gasteiger partial charge < -0.3 is 11.1 Å². The van der Waals surface area contributed by atoms with Crippen LogP contribution in [0.4, 0.5) is 10.1 Å². The number of hydrogen-bond donors (Lipinski definition) is 2. The Labute approximate surface area is 198 Å². The molecule has 5 nitrogen and oxygen atoms in total. The minimum atomic E-state index is -0.459. The van der Waals surface area contributed by atoms with Gasteiger partial charge in [0.25, 0.3) is 5.91 Å². The maximum Gasteiger partial charge on any atom is 0.250 e. The average Bonchev–Trinajstić information content (AvgIpc) is 3.12. The molecule has 2 fully saturated rings. The van der Waals surface area contributed by atoms with Crippen molar-refractivity contribution >= 4 is 28.4 Å². The smallest absolute Gasteiger partial charge is 0.250 e. The van der Waals surface area contributed by atoms with Crippen molar-refractivity contribution in [2.45, 2.75) is 70.3 Å². The molecule has 0 radical (unpaired) electrons. The van der Waals surface area contributed by atoms with Crippen LogP contribution in [-0.2, 0) is 6.42 Å². The highest BCUT2D eigenvalue weighted by Crippen LogP contribution is 2.52. The molecule has 6 heteroatoms. The second-order valence-corrected chi connectivity index (χ2v) is 10.5. The molecule has 2 aromatic carbocycles. The van der Waals surface area contributed by atoms with Gasteiger partial charge in [0.15, 0.2) is 0 Å². The lowest BCUT2D eigenvalue weighted by Crippen LogP contribution is -2.40. The lowest BCUT2D eigenvalue weighted by atomic mass is 9.62. The molecule has 34 heavy (non-hydrogen) atoms. The van der Waals surface area contributed by atoms with Crippen LogP contribution in [0, 0.1) is 11.2 Å². The van der Waals surface area contributed by atoms with E-state index >= 15 is 0 Å². The highest BCUT2D eigenvalue weighted by Gasteiger charge is 2.45. The number of rotatable bonds is 4. The fourth-order valence-electron chi connectivity index (χ4n) is 6.44. The van der Waals surface area contributed by atoms with Crippen molar-refractivity contribution in [3.8, 4) is 11.1 Å². The molecule has 1 amide bonds. The topological polar surface area (TPSA) is 77.1 Å². The number of hydrogen-bond acceptors (Lipinski definition) is 3. The molecule has 6 rings (SSSR count).